The van der Waals surface area contributed by atoms with Gasteiger partial charge in [0, 0.05) is 22.4 Å². The highest BCUT2D eigenvalue weighted by Crippen LogP contribution is 2.28. The molecule has 0 radical (unpaired) electrons. The summed E-state index contributed by atoms with van der Waals surface area (Å²) in [6.07, 6.45) is 8.23. The van der Waals surface area contributed by atoms with Crippen molar-refractivity contribution in [1.82, 2.24) is 0 Å². The molecule has 4 nitrogen and oxygen atoms in total. The van der Waals surface area contributed by atoms with E-state index in [1.807, 2.05) is 24.3 Å². The number of unbranched alkanes of at least 4 members (excludes halogenated alkanes) is 1. The maximum atomic E-state index is 5.92. The van der Waals surface area contributed by atoms with Crippen LogP contribution < -0.4 is 0 Å². The summed E-state index contributed by atoms with van der Waals surface area (Å²) >= 11 is 5.92. The van der Waals surface area contributed by atoms with Gasteiger partial charge in [0.05, 0.1) is 26.4 Å². The van der Waals surface area contributed by atoms with E-state index < -0.39 is 0 Å². The Morgan fingerprint density at radius 1 is 0.962 bits per heavy atom. The zero-order chi connectivity index (χ0) is 18.2. The molecular weight excluding hydrogens is 352 g/mol. The van der Waals surface area contributed by atoms with E-state index in [4.69, 9.17) is 30.5 Å². The van der Waals surface area contributed by atoms with Crippen molar-refractivity contribution < 1.29 is 18.9 Å². The maximum Gasteiger partial charge on any atom is 0.183 e. The van der Waals surface area contributed by atoms with Crippen molar-refractivity contribution in [3.8, 4) is 0 Å². The van der Waals surface area contributed by atoms with Crippen molar-refractivity contribution in [2.75, 3.05) is 26.4 Å². The van der Waals surface area contributed by atoms with E-state index in [1.165, 1.54) is 6.42 Å². The van der Waals surface area contributed by atoms with Gasteiger partial charge in [0.2, 0.25) is 0 Å². The maximum absolute atomic E-state index is 5.92. The predicted octanol–water partition coefficient (Wildman–Crippen LogP) is 5.13. The van der Waals surface area contributed by atoms with Crippen molar-refractivity contribution in [3.63, 3.8) is 0 Å². The van der Waals surface area contributed by atoms with E-state index in [0.717, 1.165) is 43.1 Å². The van der Waals surface area contributed by atoms with Crippen molar-refractivity contribution in [3.05, 3.63) is 47.0 Å². The second-order valence-electron chi connectivity index (χ2n) is 7.07. The summed E-state index contributed by atoms with van der Waals surface area (Å²) in [5.41, 5.74) is 1.01. The van der Waals surface area contributed by atoms with Crippen molar-refractivity contribution in [2.24, 2.45) is 11.8 Å². The molecule has 0 bridgehead atoms. The largest absolute Gasteiger partial charge is 0.352 e. The highest BCUT2D eigenvalue weighted by Gasteiger charge is 2.26. The Morgan fingerprint density at radius 3 is 2.31 bits per heavy atom. The van der Waals surface area contributed by atoms with Gasteiger partial charge in [0.25, 0.3) is 0 Å². The van der Waals surface area contributed by atoms with Gasteiger partial charge in [-0.25, -0.2) is 0 Å². The van der Waals surface area contributed by atoms with Crippen LogP contribution in [-0.4, -0.2) is 32.7 Å². The Bertz CT molecular complexity index is 544. The van der Waals surface area contributed by atoms with Crippen LogP contribution in [0.2, 0.25) is 5.02 Å². The molecule has 2 fully saturated rings. The van der Waals surface area contributed by atoms with Crippen LogP contribution in [0, 0.1) is 11.8 Å². The Labute approximate surface area is 161 Å². The van der Waals surface area contributed by atoms with Crippen LogP contribution in [-0.2, 0) is 18.9 Å². The van der Waals surface area contributed by atoms with Gasteiger partial charge in [-0.1, -0.05) is 49.2 Å². The van der Waals surface area contributed by atoms with Gasteiger partial charge in [-0.3, -0.25) is 0 Å². The first-order valence-corrected chi connectivity index (χ1v) is 10.0. The normalized spacial score (nSPS) is 29.9. The lowest BCUT2D eigenvalue weighted by atomic mass is 10.0. The third-order valence-electron chi connectivity index (χ3n) is 4.78. The van der Waals surface area contributed by atoms with E-state index in [-0.39, 0.29) is 12.6 Å². The molecule has 0 atom stereocenters. The van der Waals surface area contributed by atoms with Gasteiger partial charge in [-0.05, 0) is 31.4 Å². The minimum absolute atomic E-state index is 0.0974. The van der Waals surface area contributed by atoms with Gasteiger partial charge in [-0.2, -0.15) is 0 Å². The fraction of sp³-hybridized carbons (Fsp3) is 0.619. The number of hydrogen-bond acceptors (Lipinski definition) is 4. The molecule has 0 saturated carbocycles. The third-order valence-corrected chi connectivity index (χ3v) is 5.03. The predicted molar refractivity (Wildman–Crippen MR) is 102 cm³/mol. The summed E-state index contributed by atoms with van der Waals surface area (Å²) in [4.78, 5) is 0. The molecule has 2 aliphatic rings. The number of ether oxygens (including phenoxy) is 4. The second-order valence-corrected chi connectivity index (χ2v) is 7.50. The van der Waals surface area contributed by atoms with Crippen molar-refractivity contribution >= 4 is 11.6 Å². The van der Waals surface area contributed by atoms with Crippen LogP contribution in [0.4, 0.5) is 0 Å². The molecule has 0 amide bonds. The first kappa shape index (κ1) is 19.8. The quantitative estimate of drug-likeness (QED) is 0.614. The van der Waals surface area contributed by atoms with Crippen LogP contribution in [0.3, 0.4) is 0 Å². The zero-order valence-corrected chi connectivity index (χ0v) is 16.2. The lowest BCUT2D eigenvalue weighted by Crippen LogP contribution is -2.33. The molecule has 1 aromatic carbocycles. The monoisotopic (exact) mass is 380 g/mol. The van der Waals surface area contributed by atoms with Crippen LogP contribution in [0.15, 0.2) is 36.4 Å². The van der Waals surface area contributed by atoms with Gasteiger partial charge in [0.15, 0.2) is 12.6 Å². The lowest BCUT2D eigenvalue weighted by molar-refractivity contribution is -0.217. The summed E-state index contributed by atoms with van der Waals surface area (Å²) in [5, 5.41) is 0.720. The Kier molecular flexibility index (Phi) is 7.96. The van der Waals surface area contributed by atoms with Gasteiger partial charge in [0.1, 0.15) is 0 Å². The van der Waals surface area contributed by atoms with Crippen LogP contribution in [0.5, 0.6) is 0 Å². The molecule has 1 aromatic rings. The topological polar surface area (TPSA) is 36.9 Å². The standard InChI is InChI=1S/C21H29ClO4/c1-2-3-4-5-16-12-23-20(24-13-16)11-6-17-14-25-21(26-15-17)18-7-9-19(22)10-8-18/h4-5,7-10,16-17,20-21H,2-3,6,11-15H2,1H3/b5-4+/t16-,17?,20-,21?. The summed E-state index contributed by atoms with van der Waals surface area (Å²) in [6, 6.07) is 7.61. The molecule has 26 heavy (non-hydrogen) atoms. The molecule has 2 saturated heterocycles. The smallest absolute Gasteiger partial charge is 0.183 e. The average molecular weight is 381 g/mol. The summed E-state index contributed by atoms with van der Waals surface area (Å²) < 4.78 is 23.4. The zero-order valence-electron chi connectivity index (χ0n) is 15.4. The molecule has 5 heteroatoms. The molecule has 0 spiro atoms. The van der Waals surface area contributed by atoms with Crippen LogP contribution in [0.1, 0.15) is 44.5 Å². The lowest BCUT2D eigenvalue weighted by Gasteiger charge is -2.32. The fourth-order valence-electron chi connectivity index (χ4n) is 3.19. The Morgan fingerprint density at radius 2 is 1.65 bits per heavy atom. The highest BCUT2D eigenvalue weighted by atomic mass is 35.5. The van der Waals surface area contributed by atoms with Crippen LogP contribution in [0.25, 0.3) is 0 Å². The highest BCUT2D eigenvalue weighted by molar-refractivity contribution is 6.30. The molecule has 144 valence electrons. The first-order valence-electron chi connectivity index (χ1n) is 9.63. The van der Waals surface area contributed by atoms with Crippen molar-refractivity contribution in [2.45, 2.75) is 45.2 Å². The van der Waals surface area contributed by atoms with E-state index >= 15 is 0 Å². The third kappa shape index (κ3) is 6.07. The number of rotatable bonds is 7. The van der Waals surface area contributed by atoms with E-state index in [1.54, 1.807) is 0 Å². The average Bonchev–Trinajstić information content (AvgIpc) is 2.69. The molecule has 0 N–H and O–H groups in total. The van der Waals surface area contributed by atoms with Crippen LogP contribution >= 0.6 is 11.6 Å². The molecule has 2 aliphatic heterocycles. The first-order chi connectivity index (χ1) is 12.7. The number of halogens is 1. The fourth-order valence-corrected chi connectivity index (χ4v) is 3.31. The van der Waals surface area contributed by atoms with E-state index in [9.17, 15) is 0 Å². The number of allylic oxidation sites excluding steroid dienone is 1. The second kappa shape index (κ2) is 10.4. The van der Waals surface area contributed by atoms with E-state index in [2.05, 4.69) is 19.1 Å². The number of hydrogen-bond donors (Lipinski definition) is 0. The Balaban J connectivity index is 1.32. The minimum atomic E-state index is -0.290. The van der Waals surface area contributed by atoms with Gasteiger partial charge in [-0.15, -0.1) is 0 Å². The molecule has 2 heterocycles. The summed E-state index contributed by atoms with van der Waals surface area (Å²) in [7, 11) is 0. The van der Waals surface area contributed by atoms with Crippen molar-refractivity contribution in [1.29, 1.82) is 0 Å². The molecular formula is C21H29ClO4. The molecule has 3 rings (SSSR count). The number of benzene rings is 1. The van der Waals surface area contributed by atoms with E-state index in [0.29, 0.717) is 25.0 Å². The Hall–Kier alpha value is -0.910. The van der Waals surface area contributed by atoms with Gasteiger partial charge >= 0.3 is 0 Å². The van der Waals surface area contributed by atoms with Gasteiger partial charge < -0.3 is 18.9 Å². The SMILES string of the molecule is CCC/C=C/[C@H]1CO[C@H](CCC2COC(c3ccc(Cl)cc3)OC2)OC1. The molecule has 0 unspecified atom stereocenters. The summed E-state index contributed by atoms with van der Waals surface area (Å²) in [5.74, 6) is 0.771. The molecule has 0 aromatic heterocycles. The molecule has 0 aliphatic carbocycles. The summed E-state index contributed by atoms with van der Waals surface area (Å²) in [6.45, 7) is 5.08. The minimum Gasteiger partial charge on any atom is -0.352 e.